The predicted molar refractivity (Wildman–Crippen MR) is 67.9 cm³/mol. The maximum atomic E-state index is 11.8. The number of hydrogen-bond acceptors (Lipinski definition) is 2. The summed E-state index contributed by atoms with van der Waals surface area (Å²) < 4.78 is 1.14. The van der Waals surface area contributed by atoms with Gasteiger partial charge in [-0.2, -0.15) is 0 Å². The van der Waals surface area contributed by atoms with Crippen molar-refractivity contribution in [2.75, 3.05) is 10.6 Å². The Kier molecular flexibility index (Phi) is 2.12. The van der Waals surface area contributed by atoms with Crippen molar-refractivity contribution >= 4 is 39.9 Å². The molecule has 1 aromatic carbocycles. The molecule has 1 fully saturated rings. The summed E-state index contributed by atoms with van der Waals surface area (Å²) in [6.07, 6.45) is 2.34. The molecule has 78 valence electrons. The summed E-state index contributed by atoms with van der Waals surface area (Å²) in [6.45, 7) is 0. The van der Waals surface area contributed by atoms with Crippen LogP contribution < -0.4 is 10.6 Å². The summed E-state index contributed by atoms with van der Waals surface area (Å²) in [5, 5.41) is 6.29. The van der Waals surface area contributed by atoms with Gasteiger partial charge in [-0.15, -0.1) is 0 Å². The van der Waals surface area contributed by atoms with E-state index >= 15 is 0 Å². The summed E-state index contributed by atoms with van der Waals surface area (Å²) in [5.41, 5.74) is 1.95. The molecule has 1 amide bonds. The molecule has 0 spiro atoms. The van der Waals surface area contributed by atoms with Crippen LogP contribution in [-0.2, 0) is 4.79 Å². The van der Waals surface area contributed by atoms with E-state index in [4.69, 9.17) is 0 Å². The van der Waals surface area contributed by atoms with E-state index < -0.39 is 0 Å². The van der Waals surface area contributed by atoms with Gasteiger partial charge in [-0.05, 0) is 59.5 Å². The highest BCUT2D eigenvalue weighted by molar-refractivity contribution is 14.1. The van der Waals surface area contributed by atoms with E-state index in [1.165, 1.54) is 12.8 Å². The maximum Gasteiger partial charge on any atom is 0.247 e. The molecule has 0 saturated heterocycles. The molecule has 0 aromatic heterocycles. The number of amides is 1. The Balaban J connectivity index is 1.94. The van der Waals surface area contributed by atoms with Gasteiger partial charge >= 0.3 is 0 Å². The van der Waals surface area contributed by atoms with Crippen LogP contribution >= 0.6 is 22.6 Å². The average Bonchev–Trinajstić information content (AvgIpc) is 3.00. The molecule has 0 bridgehead atoms. The van der Waals surface area contributed by atoms with Crippen LogP contribution in [0.3, 0.4) is 0 Å². The lowest BCUT2D eigenvalue weighted by Crippen LogP contribution is -2.40. The molecule has 0 radical (unpaired) electrons. The molecule has 1 aliphatic heterocycles. The summed E-state index contributed by atoms with van der Waals surface area (Å²) in [5.74, 6) is 0.657. The third-order valence-corrected chi connectivity index (χ3v) is 3.60. The third-order valence-electron chi connectivity index (χ3n) is 2.93. The normalized spacial score (nSPS) is 24.1. The number of carbonyl (C=O) groups is 1. The van der Waals surface area contributed by atoms with Crippen LogP contribution in [-0.4, -0.2) is 11.9 Å². The quantitative estimate of drug-likeness (QED) is 0.782. The predicted octanol–water partition coefficient (Wildman–Crippen LogP) is 2.43. The van der Waals surface area contributed by atoms with Gasteiger partial charge in [0.15, 0.2) is 0 Å². The van der Waals surface area contributed by atoms with E-state index in [2.05, 4.69) is 33.2 Å². The first-order valence-electron chi connectivity index (χ1n) is 5.11. The van der Waals surface area contributed by atoms with E-state index in [1.807, 2.05) is 18.2 Å². The number of halogens is 1. The van der Waals surface area contributed by atoms with Crippen molar-refractivity contribution in [2.24, 2.45) is 5.92 Å². The Hall–Kier alpha value is -0.780. The van der Waals surface area contributed by atoms with E-state index in [9.17, 15) is 4.79 Å². The minimum Gasteiger partial charge on any atom is -0.372 e. The van der Waals surface area contributed by atoms with Crippen molar-refractivity contribution in [3.05, 3.63) is 21.8 Å². The van der Waals surface area contributed by atoms with E-state index in [0.717, 1.165) is 14.9 Å². The van der Waals surface area contributed by atoms with Gasteiger partial charge in [-0.25, -0.2) is 0 Å². The molecule has 2 aliphatic rings. The van der Waals surface area contributed by atoms with Gasteiger partial charge in [0, 0.05) is 3.57 Å². The summed E-state index contributed by atoms with van der Waals surface area (Å²) in [7, 11) is 0. The van der Waals surface area contributed by atoms with Gasteiger partial charge in [0.05, 0.1) is 11.4 Å². The fourth-order valence-corrected chi connectivity index (χ4v) is 2.44. The third kappa shape index (κ3) is 1.71. The molecule has 15 heavy (non-hydrogen) atoms. The van der Waals surface area contributed by atoms with Gasteiger partial charge in [-0.3, -0.25) is 4.79 Å². The molecule has 4 heteroatoms. The Morgan fingerprint density at radius 2 is 2.07 bits per heavy atom. The molecule has 1 unspecified atom stereocenters. The van der Waals surface area contributed by atoms with Gasteiger partial charge < -0.3 is 10.6 Å². The summed E-state index contributed by atoms with van der Waals surface area (Å²) in [6, 6.07) is 6.06. The number of anilines is 2. The Morgan fingerprint density at radius 1 is 1.27 bits per heavy atom. The molecule has 1 aliphatic carbocycles. The first-order chi connectivity index (χ1) is 7.24. The van der Waals surface area contributed by atoms with E-state index in [0.29, 0.717) is 5.92 Å². The molecule has 1 saturated carbocycles. The molecular formula is C11H11IN2O. The molecule has 1 atom stereocenters. The maximum absolute atomic E-state index is 11.8. The molecule has 1 aromatic rings. The topological polar surface area (TPSA) is 41.1 Å². The Labute approximate surface area is 102 Å². The Morgan fingerprint density at radius 3 is 2.80 bits per heavy atom. The minimum absolute atomic E-state index is 0.0161. The summed E-state index contributed by atoms with van der Waals surface area (Å²) >= 11 is 2.24. The molecule has 1 heterocycles. The Bertz CT molecular complexity index is 429. The first kappa shape index (κ1) is 9.45. The van der Waals surface area contributed by atoms with Crippen molar-refractivity contribution in [2.45, 2.75) is 18.9 Å². The molecule has 3 rings (SSSR count). The van der Waals surface area contributed by atoms with Crippen molar-refractivity contribution < 1.29 is 4.79 Å². The van der Waals surface area contributed by atoms with E-state index in [1.54, 1.807) is 0 Å². The van der Waals surface area contributed by atoms with Crippen LogP contribution in [0.4, 0.5) is 11.4 Å². The highest BCUT2D eigenvalue weighted by atomic mass is 127. The number of nitrogens with one attached hydrogen (secondary N) is 2. The number of carbonyl (C=O) groups excluding carboxylic acids is 1. The van der Waals surface area contributed by atoms with Gasteiger partial charge in [0.1, 0.15) is 6.04 Å². The zero-order valence-corrected chi connectivity index (χ0v) is 10.2. The van der Waals surface area contributed by atoms with Crippen molar-refractivity contribution in [1.82, 2.24) is 0 Å². The zero-order valence-electron chi connectivity index (χ0n) is 8.09. The van der Waals surface area contributed by atoms with Crippen molar-refractivity contribution in [3.63, 3.8) is 0 Å². The monoisotopic (exact) mass is 314 g/mol. The van der Waals surface area contributed by atoms with Crippen LogP contribution in [0.1, 0.15) is 12.8 Å². The second-order valence-corrected chi connectivity index (χ2v) is 5.38. The largest absolute Gasteiger partial charge is 0.372 e. The standard InChI is InChI=1S/C11H11IN2O/c12-7-3-4-8-9(5-7)14-11(15)10(13-8)6-1-2-6/h3-6,10,13H,1-2H2,(H,14,15). The van der Waals surface area contributed by atoms with Crippen LogP contribution in [0.5, 0.6) is 0 Å². The van der Waals surface area contributed by atoms with Crippen LogP contribution in [0.2, 0.25) is 0 Å². The van der Waals surface area contributed by atoms with Gasteiger partial charge in [0.2, 0.25) is 5.91 Å². The second-order valence-electron chi connectivity index (χ2n) is 4.14. The zero-order chi connectivity index (χ0) is 10.4. The lowest BCUT2D eigenvalue weighted by molar-refractivity contribution is -0.117. The highest BCUT2D eigenvalue weighted by Crippen LogP contribution is 2.38. The number of benzene rings is 1. The van der Waals surface area contributed by atoms with E-state index in [-0.39, 0.29) is 11.9 Å². The average molecular weight is 314 g/mol. The van der Waals surface area contributed by atoms with Crippen LogP contribution in [0, 0.1) is 9.49 Å². The van der Waals surface area contributed by atoms with Crippen LogP contribution in [0.15, 0.2) is 18.2 Å². The second kappa shape index (κ2) is 3.37. The number of hydrogen-bond donors (Lipinski definition) is 2. The highest BCUT2D eigenvalue weighted by Gasteiger charge is 2.38. The fourth-order valence-electron chi connectivity index (χ4n) is 1.95. The molecule has 3 nitrogen and oxygen atoms in total. The smallest absolute Gasteiger partial charge is 0.247 e. The van der Waals surface area contributed by atoms with Gasteiger partial charge in [0.25, 0.3) is 0 Å². The lowest BCUT2D eigenvalue weighted by Gasteiger charge is -2.26. The minimum atomic E-state index is -0.0161. The first-order valence-corrected chi connectivity index (χ1v) is 6.19. The molecule has 2 N–H and O–H groups in total. The van der Waals surface area contributed by atoms with Gasteiger partial charge in [-0.1, -0.05) is 0 Å². The SMILES string of the molecule is O=C1Nc2cc(I)ccc2NC1C1CC1. The van der Waals surface area contributed by atoms with Crippen molar-refractivity contribution in [1.29, 1.82) is 0 Å². The molecular weight excluding hydrogens is 303 g/mol. The van der Waals surface area contributed by atoms with Crippen molar-refractivity contribution in [3.8, 4) is 0 Å². The van der Waals surface area contributed by atoms with Crippen LogP contribution in [0.25, 0.3) is 0 Å². The number of rotatable bonds is 1. The lowest BCUT2D eigenvalue weighted by atomic mass is 10.1. The number of fused-ring (bicyclic) bond motifs is 1. The fraction of sp³-hybridized carbons (Fsp3) is 0.364. The summed E-state index contributed by atoms with van der Waals surface area (Å²) in [4.78, 5) is 11.8.